The van der Waals surface area contributed by atoms with Crippen LogP contribution in [0.4, 0.5) is 5.82 Å². The average Bonchev–Trinajstić information content (AvgIpc) is 3.14. The van der Waals surface area contributed by atoms with Crippen LogP contribution in [0.1, 0.15) is 43.5 Å². The van der Waals surface area contributed by atoms with E-state index in [9.17, 15) is 4.79 Å². The van der Waals surface area contributed by atoms with E-state index in [0.29, 0.717) is 17.4 Å². The van der Waals surface area contributed by atoms with Crippen LogP contribution < -0.4 is 10.6 Å². The van der Waals surface area contributed by atoms with E-state index in [1.165, 1.54) is 0 Å². The number of carbonyl (C=O) groups excluding carboxylic acids is 1. The Bertz CT molecular complexity index is 544. The van der Waals surface area contributed by atoms with Crippen LogP contribution in [0, 0.1) is 11.8 Å². The van der Waals surface area contributed by atoms with E-state index < -0.39 is 0 Å². The molecular weight excluding hydrogens is 288 g/mol. The molecule has 126 valence electrons. The van der Waals surface area contributed by atoms with E-state index in [-0.39, 0.29) is 11.9 Å². The SMILES string of the molecule is CCCN(CC)c1ccc(C(=O)N2CC3CCC(N)C3C2)cn1. The molecule has 0 spiro atoms. The minimum atomic E-state index is 0.101. The number of rotatable bonds is 5. The fourth-order valence-corrected chi connectivity index (χ4v) is 4.06. The largest absolute Gasteiger partial charge is 0.357 e. The van der Waals surface area contributed by atoms with E-state index in [4.69, 9.17) is 5.73 Å². The van der Waals surface area contributed by atoms with Crippen molar-refractivity contribution in [1.82, 2.24) is 9.88 Å². The van der Waals surface area contributed by atoms with Crippen molar-refractivity contribution in [2.24, 2.45) is 17.6 Å². The van der Waals surface area contributed by atoms with E-state index in [2.05, 4.69) is 23.7 Å². The molecule has 1 aliphatic carbocycles. The summed E-state index contributed by atoms with van der Waals surface area (Å²) in [5, 5.41) is 0. The van der Waals surface area contributed by atoms with Crippen LogP contribution in [0.15, 0.2) is 18.3 Å². The third-order valence-electron chi connectivity index (χ3n) is 5.39. The molecule has 23 heavy (non-hydrogen) atoms. The molecule has 3 unspecified atom stereocenters. The van der Waals surface area contributed by atoms with Gasteiger partial charge in [-0.05, 0) is 50.2 Å². The van der Waals surface area contributed by atoms with Gasteiger partial charge in [-0.25, -0.2) is 4.98 Å². The second kappa shape index (κ2) is 6.87. The van der Waals surface area contributed by atoms with E-state index in [0.717, 1.165) is 51.3 Å². The van der Waals surface area contributed by atoms with Crippen LogP contribution in [0.3, 0.4) is 0 Å². The molecule has 0 aromatic carbocycles. The Hall–Kier alpha value is -1.62. The molecule has 2 N–H and O–H groups in total. The number of fused-ring (bicyclic) bond motifs is 1. The van der Waals surface area contributed by atoms with E-state index in [1.807, 2.05) is 17.0 Å². The van der Waals surface area contributed by atoms with E-state index >= 15 is 0 Å². The maximum atomic E-state index is 12.7. The molecule has 5 nitrogen and oxygen atoms in total. The number of hydrogen-bond donors (Lipinski definition) is 1. The molecule has 5 heteroatoms. The molecule has 1 aromatic heterocycles. The minimum absolute atomic E-state index is 0.101. The maximum Gasteiger partial charge on any atom is 0.255 e. The predicted molar refractivity (Wildman–Crippen MR) is 92.5 cm³/mol. The van der Waals surface area contributed by atoms with Crippen LogP contribution >= 0.6 is 0 Å². The third-order valence-corrected chi connectivity index (χ3v) is 5.39. The number of nitrogens with two attached hydrogens (primary N) is 1. The summed E-state index contributed by atoms with van der Waals surface area (Å²) in [7, 11) is 0. The van der Waals surface area contributed by atoms with Gasteiger partial charge in [-0.1, -0.05) is 6.92 Å². The molecule has 2 fully saturated rings. The summed E-state index contributed by atoms with van der Waals surface area (Å²) in [6.07, 6.45) is 5.09. The molecule has 1 aliphatic heterocycles. The van der Waals surface area contributed by atoms with E-state index in [1.54, 1.807) is 6.20 Å². The molecule has 3 atom stereocenters. The zero-order valence-electron chi connectivity index (χ0n) is 14.2. The van der Waals surface area contributed by atoms with Gasteiger partial charge in [0.2, 0.25) is 0 Å². The lowest BCUT2D eigenvalue weighted by Gasteiger charge is -2.22. The Balaban J connectivity index is 1.66. The summed E-state index contributed by atoms with van der Waals surface area (Å²) in [5.41, 5.74) is 6.85. The summed E-state index contributed by atoms with van der Waals surface area (Å²) in [6, 6.07) is 4.15. The molecule has 0 bridgehead atoms. The van der Waals surface area contributed by atoms with Gasteiger partial charge in [0, 0.05) is 38.4 Å². The van der Waals surface area contributed by atoms with Crippen LogP contribution in [0.2, 0.25) is 0 Å². The van der Waals surface area contributed by atoms with Gasteiger partial charge in [0.25, 0.3) is 5.91 Å². The van der Waals surface area contributed by atoms with Crippen molar-refractivity contribution < 1.29 is 4.79 Å². The van der Waals surface area contributed by atoms with Crippen LogP contribution in [0.25, 0.3) is 0 Å². The fraction of sp³-hybridized carbons (Fsp3) is 0.667. The number of nitrogens with zero attached hydrogens (tertiary/aromatic N) is 3. The van der Waals surface area contributed by atoms with Gasteiger partial charge in [0.15, 0.2) is 0 Å². The van der Waals surface area contributed by atoms with Crippen molar-refractivity contribution in [1.29, 1.82) is 0 Å². The van der Waals surface area contributed by atoms with Crippen molar-refractivity contribution in [3.05, 3.63) is 23.9 Å². The number of hydrogen-bond acceptors (Lipinski definition) is 4. The summed E-state index contributed by atoms with van der Waals surface area (Å²) in [4.78, 5) is 21.4. The molecule has 1 amide bonds. The van der Waals surface area contributed by atoms with Gasteiger partial charge >= 0.3 is 0 Å². The van der Waals surface area contributed by atoms with Crippen molar-refractivity contribution in [3.63, 3.8) is 0 Å². The first kappa shape index (κ1) is 16.2. The summed E-state index contributed by atoms with van der Waals surface area (Å²) in [6.45, 7) is 7.88. The second-order valence-electron chi connectivity index (χ2n) is 6.86. The standard InChI is InChI=1S/C18H28N4O/c1-3-9-21(4-2)17-8-6-13(10-20-17)18(23)22-11-14-5-7-16(19)15(14)12-22/h6,8,10,14-16H,3-5,7,9,11-12,19H2,1-2H3. The monoisotopic (exact) mass is 316 g/mol. The van der Waals surface area contributed by atoms with Gasteiger partial charge in [0.05, 0.1) is 5.56 Å². The van der Waals surface area contributed by atoms with Crippen molar-refractivity contribution in [3.8, 4) is 0 Å². The Kier molecular flexibility index (Phi) is 4.85. The molecule has 1 saturated heterocycles. The molecule has 3 rings (SSSR count). The molecule has 2 heterocycles. The summed E-state index contributed by atoms with van der Waals surface area (Å²) in [5.74, 6) is 2.14. The quantitative estimate of drug-likeness (QED) is 0.904. The lowest BCUT2D eigenvalue weighted by Crippen LogP contribution is -2.33. The van der Waals surface area contributed by atoms with Crippen molar-refractivity contribution >= 4 is 11.7 Å². The normalized spacial score (nSPS) is 26.4. The van der Waals surface area contributed by atoms with Crippen LogP contribution in [-0.4, -0.2) is 48.0 Å². The molecule has 2 aliphatic rings. The van der Waals surface area contributed by atoms with Crippen molar-refractivity contribution in [2.45, 2.75) is 39.2 Å². The zero-order chi connectivity index (χ0) is 16.4. The number of pyridine rings is 1. The third kappa shape index (κ3) is 3.20. The van der Waals surface area contributed by atoms with Gasteiger partial charge in [-0.3, -0.25) is 4.79 Å². The fourth-order valence-electron chi connectivity index (χ4n) is 4.06. The first-order valence-corrected chi connectivity index (χ1v) is 8.89. The first-order valence-electron chi connectivity index (χ1n) is 8.89. The zero-order valence-corrected chi connectivity index (χ0v) is 14.2. The Morgan fingerprint density at radius 1 is 1.35 bits per heavy atom. The molecule has 1 aromatic rings. The number of amides is 1. The van der Waals surface area contributed by atoms with Gasteiger partial charge in [-0.15, -0.1) is 0 Å². The Labute approximate surface area is 138 Å². The average molecular weight is 316 g/mol. The highest BCUT2D eigenvalue weighted by Gasteiger charge is 2.42. The first-order chi connectivity index (χ1) is 11.1. The summed E-state index contributed by atoms with van der Waals surface area (Å²) >= 11 is 0. The van der Waals surface area contributed by atoms with Gasteiger partial charge in [0.1, 0.15) is 5.82 Å². The number of carbonyl (C=O) groups is 1. The minimum Gasteiger partial charge on any atom is -0.357 e. The van der Waals surface area contributed by atoms with Crippen LogP contribution in [-0.2, 0) is 0 Å². The topological polar surface area (TPSA) is 62.5 Å². The van der Waals surface area contributed by atoms with Crippen LogP contribution in [0.5, 0.6) is 0 Å². The lowest BCUT2D eigenvalue weighted by atomic mass is 9.98. The highest BCUT2D eigenvalue weighted by atomic mass is 16.2. The number of aromatic nitrogens is 1. The predicted octanol–water partition coefficient (Wildman–Crippen LogP) is 2.13. The van der Waals surface area contributed by atoms with Gasteiger partial charge < -0.3 is 15.5 Å². The molecular formula is C18H28N4O. The highest BCUT2D eigenvalue weighted by molar-refractivity contribution is 5.94. The second-order valence-corrected chi connectivity index (χ2v) is 6.86. The Morgan fingerprint density at radius 3 is 2.78 bits per heavy atom. The summed E-state index contributed by atoms with van der Waals surface area (Å²) < 4.78 is 0. The van der Waals surface area contributed by atoms with Crippen molar-refractivity contribution in [2.75, 3.05) is 31.1 Å². The number of anilines is 1. The molecule has 1 saturated carbocycles. The lowest BCUT2D eigenvalue weighted by molar-refractivity contribution is 0.0779. The highest BCUT2D eigenvalue weighted by Crippen LogP contribution is 2.37. The molecule has 0 radical (unpaired) electrons. The maximum absolute atomic E-state index is 12.7. The van der Waals surface area contributed by atoms with Gasteiger partial charge in [-0.2, -0.15) is 0 Å². The number of likely N-dealkylation sites (tertiary alicyclic amines) is 1. The smallest absolute Gasteiger partial charge is 0.255 e. The Morgan fingerprint density at radius 2 is 2.17 bits per heavy atom.